The summed E-state index contributed by atoms with van der Waals surface area (Å²) in [4.78, 5) is 26.0. The van der Waals surface area contributed by atoms with Gasteiger partial charge in [-0.25, -0.2) is 15.0 Å². The molecule has 0 saturated heterocycles. The number of hydrogen-bond acceptors (Lipinski definition) is 5. The van der Waals surface area contributed by atoms with Crippen molar-refractivity contribution in [2.45, 2.75) is 0 Å². The summed E-state index contributed by atoms with van der Waals surface area (Å²) in [5.74, 6) is 1.71. The van der Waals surface area contributed by atoms with Gasteiger partial charge in [-0.15, -0.1) is 0 Å². The molecule has 3 heterocycles. The van der Waals surface area contributed by atoms with E-state index in [9.17, 15) is 0 Å². The zero-order valence-electron chi connectivity index (χ0n) is 34.6. The SMILES string of the molecule is c1cc(-c2nc(-c3cccc(-c4cccc5ccccc45)c3)nc(-c3cc(-c4nccc5ccccc45)cc(-c4nccc5ccccc45)c3)n2)cc(-c2cccc3ccccc23)c1. The third-order valence-electron chi connectivity index (χ3n) is 12.2. The molecule has 12 aromatic rings. The van der Waals surface area contributed by atoms with Crippen LogP contribution in [-0.2, 0) is 0 Å². The van der Waals surface area contributed by atoms with Gasteiger partial charge in [0.25, 0.3) is 0 Å². The van der Waals surface area contributed by atoms with Crippen LogP contribution in [0.25, 0.3) is 122 Å². The van der Waals surface area contributed by atoms with Crippen molar-refractivity contribution >= 4 is 43.1 Å². The molecule has 298 valence electrons. The molecule has 0 aliphatic carbocycles. The highest BCUT2D eigenvalue weighted by molar-refractivity contribution is 6.00. The quantitative estimate of drug-likeness (QED) is 0.160. The molecule has 0 N–H and O–H groups in total. The monoisotopic (exact) mass is 815 g/mol. The zero-order chi connectivity index (χ0) is 42.4. The molecule has 0 bridgehead atoms. The van der Waals surface area contributed by atoms with Crippen LogP contribution in [0.1, 0.15) is 0 Å². The lowest BCUT2D eigenvalue weighted by atomic mass is 9.95. The van der Waals surface area contributed by atoms with Crippen molar-refractivity contribution in [1.29, 1.82) is 0 Å². The maximum absolute atomic E-state index is 5.35. The van der Waals surface area contributed by atoms with Gasteiger partial charge in [-0.05, 0) is 97.0 Å². The topological polar surface area (TPSA) is 64.5 Å². The van der Waals surface area contributed by atoms with E-state index in [0.29, 0.717) is 17.5 Å². The molecule has 0 unspecified atom stereocenters. The molecule has 0 saturated carbocycles. The summed E-state index contributed by atoms with van der Waals surface area (Å²) in [6, 6.07) is 74.4. The Bertz CT molecular complexity index is 3500. The fourth-order valence-corrected chi connectivity index (χ4v) is 9.10. The van der Waals surface area contributed by atoms with E-state index in [-0.39, 0.29) is 0 Å². The summed E-state index contributed by atoms with van der Waals surface area (Å²) in [5.41, 5.74) is 10.7. The molecule has 0 radical (unpaired) electrons. The Balaban J connectivity index is 1.09. The zero-order valence-corrected chi connectivity index (χ0v) is 34.6. The summed E-state index contributed by atoms with van der Waals surface area (Å²) in [7, 11) is 0. The third kappa shape index (κ3) is 6.73. The van der Waals surface area contributed by atoms with Crippen LogP contribution in [0.4, 0.5) is 0 Å². The van der Waals surface area contributed by atoms with E-state index >= 15 is 0 Å². The van der Waals surface area contributed by atoms with Crippen molar-refractivity contribution in [2.24, 2.45) is 0 Å². The second-order valence-electron chi connectivity index (χ2n) is 16.1. The van der Waals surface area contributed by atoms with Crippen LogP contribution in [0, 0.1) is 0 Å². The molecule has 0 spiro atoms. The van der Waals surface area contributed by atoms with Crippen LogP contribution in [0.5, 0.6) is 0 Å². The van der Waals surface area contributed by atoms with Crippen LogP contribution in [0.3, 0.4) is 0 Å². The average Bonchev–Trinajstić information content (AvgIpc) is 3.37. The number of aromatic nitrogens is 5. The minimum absolute atomic E-state index is 0.551. The second-order valence-corrected chi connectivity index (χ2v) is 16.1. The molecule has 3 aromatic heterocycles. The van der Waals surface area contributed by atoms with Crippen LogP contribution in [0.15, 0.2) is 225 Å². The van der Waals surface area contributed by atoms with Gasteiger partial charge < -0.3 is 0 Å². The maximum Gasteiger partial charge on any atom is 0.164 e. The second kappa shape index (κ2) is 15.7. The van der Waals surface area contributed by atoms with Crippen molar-refractivity contribution in [1.82, 2.24) is 24.9 Å². The molecule has 0 aliphatic heterocycles. The van der Waals surface area contributed by atoms with Gasteiger partial charge in [0, 0.05) is 51.0 Å². The van der Waals surface area contributed by atoms with E-state index in [1.807, 2.05) is 12.4 Å². The lowest BCUT2D eigenvalue weighted by Gasteiger charge is -2.14. The molecule has 0 atom stereocenters. The highest BCUT2D eigenvalue weighted by Gasteiger charge is 2.19. The molecule has 5 nitrogen and oxygen atoms in total. The molecular weight excluding hydrogens is 779 g/mol. The number of hydrogen-bond donors (Lipinski definition) is 0. The average molecular weight is 816 g/mol. The standard InChI is InChI=1S/C59H37N5/c1-5-23-49-38(13-1)17-11-27-51(49)42-19-9-21-44(33-42)57-62-58(45-22-10-20-43(34-45)52-28-12-18-39-14-2-6-24-50(39)52)64-59(63-57)48-36-46(55-53-25-7-3-15-40(53)29-31-60-55)35-47(37-48)56-54-26-8-4-16-41(54)30-32-61-56/h1-37H. The normalized spacial score (nSPS) is 11.4. The van der Waals surface area contributed by atoms with E-state index < -0.39 is 0 Å². The Morgan fingerprint density at radius 1 is 0.234 bits per heavy atom. The molecular formula is C59H37N5. The van der Waals surface area contributed by atoms with Crippen molar-refractivity contribution in [3.05, 3.63) is 225 Å². The van der Waals surface area contributed by atoms with Crippen molar-refractivity contribution < 1.29 is 0 Å². The number of nitrogens with zero attached hydrogens (tertiary/aromatic N) is 5. The number of rotatable bonds is 7. The Morgan fingerprint density at radius 3 is 1.03 bits per heavy atom. The van der Waals surface area contributed by atoms with E-state index in [1.54, 1.807) is 0 Å². The van der Waals surface area contributed by atoms with E-state index in [1.165, 1.54) is 21.5 Å². The van der Waals surface area contributed by atoms with Gasteiger partial charge in [-0.2, -0.15) is 0 Å². The molecule has 0 aliphatic rings. The first kappa shape index (κ1) is 37.1. The number of pyridine rings is 2. The van der Waals surface area contributed by atoms with Crippen molar-refractivity contribution in [3.63, 3.8) is 0 Å². The van der Waals surface area contributed by atoms with Gasteiger partial charge in [0.1, 0.15) is 0 Å². The summed E-state index contributed by atoms with van der Waals surface area (Å²) in [6.07, 6.45) is 3.76. The highest BCUT2D eigenvalue weighted by atomic mass is 15.0. The predicted octanol–water partition coefficient (Wildman–Crippen LogP) is 14.9. The van der Waals surface area contributed by atoms with E-state index in [0.717, 1.165) is 83.0 Å². The molecule has 0 amide bonds. The molecule has 0 fully saturated rings. The largest absolute Gasteiger partial charge is 0.256 e. The molecule has 5 heteroatoms. The lowest BCUT2D eigenvalue weighted by molar-refractivity contribution is 1.07. The van der Waals surface area contributed by atoms with Crippen LogP contribution >= 0.6 is 0 Å². The highest BCUT2D eigenvalue weighted by Crippen LogP contribution is 2.38. The van der Waals surface area contributed by atoms with Crippen LogP contribution in [0.2, 0.25) is 0 Å². The minimum Gasteiger partial charge on any atom is -0.256 e. The fraction of sp³-hybridized carbons (Fsp3) is 0. The van der Waals surface area contributed by atoms with Gasteiger partial charge in [-0.1, -0.05) is 170 Å². The number of benzene rings is 9. The summed E-state index contributed by atoms with van der Waals surface area (Å²) in [6.45, 7) is 0. The summed E-state index contributed by atoms with van der Waals surface area (Å²) >= 11 is 0. The van der Waals surface area contributed by atoms with Crippen molar-refractivity contribution in [3.8, 4) is 78.9 Å². The van der Waals surface area contributed by atoms with Crippen molar-refractivity contribution in [2.75, 3.05) is 0 Å². The smallest absolute Gasteiger partial charge is 0.164 e. The van der Waals surface area contributed by atoms with Crippen LogP contribution < -0.4 is 0 Å². The van der Waals surface area contributed by atoms with E-state index in [4.69, 9.17) is 24.9 Å². The Kier molecular flexibility index (Phi) is 9.08. The Hall–Kier alpha value is -8.67. The van der Waals surface area contributed by atoms with Gasteiger partial charge in [0.05, 0.1) is 11.4 Å². The first-order valence-corrected chi connectivity index (χ1v) is 21.5. The molecule has 64 heavy (non-hydrogen) atoms. The van der Waals surface area contributed by atoms with Gasteiger partial charge in [0.2, 0.25) is 0 Å². The number of fused-ring (bicyclic) bond motifs is 4. The Labute approximate surface area is 370 Å². The summed E-state index contributed by atoms with van der Waals surface area (Å²) < 4.78 is 0. The Morgan fingerprint density at radius 2 is 0.562 bits per heavy atom. The fourth-order valence-electron chi connectivity index (χ4n) is 9.10. The van der Waals surface area contributed by atoms with Gasteiger partial charge in [0.15, 0.2) is 17.5 Å². The summed E-state index contributed by atoms with van der Waals surface area (Å²) in [5, 5.41) is 9.12. The van der Waals surface area contributed by atoms with Gasteiger partial charge >= 0.3 is 0 Å². The molecule has 12 rings (SSSR count). The van der Waals surface area contributed by atoms with Crippen LogP contribution in [-0.4, -0.2) is 24.9 Å². The van der Waals surface area contributed by atoms with Gasteiger partial charge in [-0.3, -0.25) is 9.97 Å². The van der Waals surface area contributed by atoms with E-state index in [2.05, 4.69) is 212 Å². The third-order valence-corrected chi connectivity index (χ3v) is 12.2. The maximum atomic E-state index is 5.35. The minimum atomic E-state index is 0.551. The lowest BCUT2D eigenvalue weighted by Crippen LogP contribution is -2.01. The first-order valence-electron chi connectivity index (χ1n) is 21.5. The first-order chi connectivity index (χ1) is 31.7. The predicted molar refractivity (Wildman–Crippen MR) is 263 cm³/mol. The molecule has 9 aromatic carbocycles.